The predicted octanol–water partition coefficient (Wildman–Crippen LogP) is 2.58. The highest BCUT2D eigenvalue weighted by Gasteiger charge is 2.13. The van der Waals surface area contributed by atoms with Gasteiger partial charge in [0.25, 0.3) is 0 Å². The van der Waals surface area contributed by atoms with Crippen molar-refractivity contribution in [1.29, 1.82) is 0 Å². The summed E-state index contributed by atoms with van der Waals surface area (Å²) in [5, 5.41) is 3.90. The Morgan fingerprint density at radius 1 is 1.33 bits per heavy atom. The highest BCUT2D eigenvalue weighted by Crippen LogP contribution is 2.21. The Bertz CT molecular complexity index is 484. The van der Waals surface area contributed by atoms with Gasteiger partial charge < -0.3 is 15.0 Å². The van der Waals surface area contributed by atoms with Gasteiger partial charge in [0.1, 0.15) is 5.75 Å². The molecular formula is C12H16ClN3O2. The van der Waals surface area contributed by atoms with Crippen molar-refractivity contribution in [3.63, 3.8) is 0 Å². The Balaban J connectivity index is 0.00000162. The van der Waals surface area contributed by atoms with Gasteiger partial charge in [0.2, 0.25) is 11.7 Å². The minimum Gasteiger partial charge on any atom is -0.497 e. The van der Waals surface area contributed by atoms with Crippen molar-refractivity contribution in [2.45, 2.75) is 19.4 Å². The first-order chi connectivity index (χ1) is 8.24. The average molecular weight is 270 g/mol. The van der Waals surface area contributed by atoms with Crippen LogP contribution in [0.5, 0.6) is 5.75 Å². The van der Waals surface area contributed by atoms with Gasteiger partial charge in [-0.25, -0.2) is 0 Å². The molecule has 0 saturated carbocycles. The van der Waals surface area contributed by atoms with E-state index in [0.29, 0.717) is 11.7 Å². The normalized spacial score (nSPS) is 11.7. The summed E-state index contributed by atoms with van der Waals surface area (Å²) in [6.45, 7) is 1.97. The van der Waals surface area contributed by atoms with Crippen molar-refractivity contribution in [2.24, 2.45) is 5.73 Å². The molecule has 0 fully saturated rings. The second kappa shape index (κ2) is 6.37. The van der Waals surface area contributed by atoms with Crippen molar-refractivity contribution in [3.8, 4) is 17.1 Å². The van der Waals surface area contributed by atoms with E-state index in [0.717, 1.165) is 17.7 Å². The zero-order valence-electron chi connectivity index (χ0n) is 10.3. The fraction of sp³-hybridized carbons (Fsp3) is 0.333. The summed E-state index contributed by atoms with van der Waals surface area (Å²) in [6, 6.07) is 7.26. The molecule has 0 aliphatic carbocycles. The molecule has 0 radical (unpaired) electrons. The second-order valence-corrected chi connectivity index (χ2v) is 3.70. The molecule has 0 spiro atoms. The van der Waals surface area contributed by atoms with E-state index < -0.39 is 0 Å². The maximum Gasteiger partial charge on any atom is 0.243 e. The first-order valence-electron chi connectivity index (χ1n) is 5.48. The SMILES string of the molecule is CC[C@H](N)c1nc(-c2ccc(OC)cc2)no1.Cl. The van der Waals surface area contributed by atoms with Gasteiger partial charge in [-0.3, -0.25) is 0 Å². The summed E-state index contributed by atoms with van der Waals surface area (Å²) in [5.41, 5.74) is 6.69. The number of methoxy groups -OCH3 is 1. The molecule has 2 N–H and O–H groups in total. The Morgan fingerprint density at radius 3 is 2.56 bits per heavy atom. The maximum atomic E-state index is 5.82. The van der Waals surface area contributed by atoms with Gasteiger partial charge in [0.05, 0.1) is 13.2 Å². The predicted molar refractivity (Wildman–Crippen MR) is 70.8 cm³/mol. The number of benzene rings is 1. The van der Waals surface area contributed by atoms with E-state index in [9.17, 15) is 0 Å². The van der Waals surface area contributed by atoms with E-state index in [-0.39, 0.29) is 18.4 Å². The summed E-state index contributed by atoms with van der Waals surface area (Å²) in [5.74, 6) is 1.81. The average Bonchev–Trinajstić information content (AvgIpc) is 2.87. The van der Waals surface area contributed by atoms with Crippen LogP contribution in [0.2, 0.25) is 0 Å². The van der Waals surface area contributed by atoms with Crippen molar-refractivity contribution in [2.75, 3.05) is 7.11 Å². The van der Waals surface area contributed by atoms with E-state index in [1.54, 1.807) is 7.11 Å². The lowest BCUT2D eigenvalue weighted by atomic mass is 10.2. The molecule has 0 bridgehead atoms. The number of hydrogen-bond donors (Lipinski definition) is 1. The molecule has 0 saturated heterocycles. The van der Waals surface area contributed by atoms with E-state index in [1.807, 2.05) is 31.2 Å². The monoisotopic (exact) mass is 269 g/mol. The lowest BCUT2D eigenvalue weighted by Gasteiger charge is -2.00. The fourth-order valence-electron chi connectivity index (χ4n) is 1.42. The number of ether oxygens (including phenoxy) is 1. The van der Waals surface area contributed by atoms with Crippen molar-refractivity contribution < 1.29 is 9.26 Å². The minimum atomic E-state index is -0.200. The van der Waals surface area contributed by atoms with E-state index >= 15 is 0 Å². The fourth-order valence-corrected chi connectivity index (χ4v) is 1.42. The molecule has 0 aliphatic rings. The molecule has 0 unspecified atom stereocenters. The molecule has 2 aromatic rings. The Morgan fingerprint density at radius 2 is 2.00 bits per heavy atom. The molecule has 2 rings (SSSR count). The van der Waals surface area contributed by atoms with E-state index in [4.69, 9.17) is 15.0 Å². The lowest BCUT2D eigenvalue weighted by molar-refractivity contribution is 0.352. The molecule has 1 aromatic carbocycles. The number of nitrogens with two attached hydrogens (primary N) is 1. The van der Waals surface area contributed by atoms with Crippen LogP contribution in [0, 0.1) is 0 Å². The van der Waals surface area contributed by atoms with Crippen LogP contribution < -0.4 is 10.5 Å². The summed E-state index contributed by atoms with van der Waals surface area (Å²) in [4.78, 5) is 4.26. The van der Waals surface area contributed by atoms with Crippen molar-refractivity contribution >= 4 is 12.4 Å². The molecule has 1 aromatic heterocycles. The molecule has 5 nitrogen and oxygen atoms in total. The molecular weight excluding hydrogens is 254 g/mol. The smallest absolute Gasteiger partial charge is 0.243 e. The molecule has 1 heterocycles. The summed E-state index contributed by atoms with van der Waals surface area (Å²) < 4.78 is 10.2. The van der Waals surface area contributed by atoms with Crippen LogP contribution in [0.15, 0.2) is 28.8 Å². The minimum absolute atomic E-state index is 0. The molecule has 1 atom stereocenters. The van der Waals surface area contributed by atoms with Gasteiger partial charge in [0, 0.05) is 5.56 Å². The lowest BCUT2D eigenvalue weighted by Crippen LogP contribution is -2.08. The number of aromatic nitrogens is 2. The maximum absolute atomic E-state index is 5.82. The molecule has 98 valence electrons. The van der Waals surface area contributed by atoms with Gasteiger partial charge >= 0.3 is 0 Å². The molecule has 0 aliphatic heterocycles. The largest absolute Gasteiger partial charge is 0.497 e. The third kappa shape index (κ3) is 3.00. The van der Waals surface area contributed by atoms with Crippen molar-refractivity contribution in [1.82, 2.24) is 10.1 Å². The van der Waals surface area contributed by atoms with Crippen LogP contribution in [0.3, 0.4) is 0 Å². The Labute approximate surface area is 112 Å². The topological polar surface area (TPSA) is 74.2 Å². The number of rotatable bonds is 4. The summed E-state index contributed by atoms with van der Waals surface area (Å²) in [7, 11) is 1.63. The van der Waals surface area contributed by atoms with Crippen LogP contribution in [0.4, 0.5) is 0 Å². The van der Waals surface area contributed by atoms with Crippen LogP contribution in [-0.2, 0) is 0 Å². The zero-order chi connectivity index (χ0) is 12.3. The standard InChI is InChI=1S/C12H15N3O2.ClH/c1-3-10(13)12-14-11(15-17-12)8-4-6-9(16-2)7-5-8;/h4-7,10H,3,13H2,1-2H3;1H/t10-;/m0./s1. The van der Waals surface area contributed by atoms with Crippen LogP contribution in [-0.4, -0.2) is 17.3 Å². The van der Waals surface area contributed by atoms with Crippen LogP contribution >= 0.6 is 12.4 Å². The van der Waals surface area contributed by atoms with E-state index in [2.05, 4.69) is 10.1 Å². The summed E-state index contributed by atoms with van der Waals surface area (Å²) >= 11 is 0. The van der Waals surface area contributed by atoms with Gasteiger partial charge in [-0.15, -0.1) is 12.4 Å². The van der Waals surface area contributed by atoms with Gasteiger partial charge in [-0.05, 0) is 30.7 Å². The van der Waals surface area contributed by atoms with Gasteiger partial charge in [-0.1, -0.05) is 12.1 Å². The third-order valence-electron chi connectivity index (χ3n) is 2.55. The van der Waals surface area contributed by atoms with Crippen LogP contribution in [0.1, 0.15) is 25.3 Å². The summed E-state index contributed by atoms with van der Waals surface area (Å²) in [6.07, 6.45) is 0.768. The zero-order valence-corrected chi connectivity index (χ0v) is 11.1. The Hall–Kier alpha value is -1.59. The van der Waals surface area contributed by atoms with Gasteiger partial charge in [-0.2, -0.15) is 4.98 Å². The molecule has 18 heavy (non-hydrogen) atoms. The van der Waals surface area contributed by atoms with E-state index in [1.165, 1.54) is 0 Å². The third-order valence-corrected chi connectivity index (χ3v) is 2.55. The number of hydrogen-bond acceptors (Lipinski definition) is 5. The first kappa shape index (κ1) is 14.5. The highest BCUT2D eigenvalue weighted by molar-refractivity contribution is 5.85. The molecule has 0 amide bonds. The molecule has 6 heteroatoms. The highest BCUT2D eigenvalue weighted by atomic mass is 35.5. The van der Waals surface area contributed by atoms with Gasteiger partial charge in [0.15, 0.2) is 0 Å². The Kier molecular flexibility index (Phi) is 5.12. The quantitative estimate of drug-likeness (QED) is 0.923. The second-order valence-electron chi connectivity index (χ2n) is 3.70. The van der Waals surface area contributed by atoms with Crippen LogP contribution in [0.25, 0.3) is 11.4 Å². The van der Waals surface area contributed by atoms with Crippen molar-refractivity contribution in [3.05, 3.63) is 30.2 Å². The first-order valence-corrected chi connectivity index (χ1v) is 5.48. The number of nitrogens with zero attached hydrogens (tertiary/aromatic N) is 2. The number of halogens is 1.